The van der Waals surface area contributed by atoms with Crippen LogP contribution in [0.4, 0.5) is 0 Å². The first-order valence-electron chi connectivity index (χ1n) is 5.47. The Morgan fingerprint density at radius 1 is 1.65 bits per heavy atom. The van der Waals surface area contributed by atoms with Crippen LogP contribution in [0.15, 0.2) is 11.4 Å². The average molecular weight is 295 g/mol. The van der Waals surface area contributed by atoms with Gasteiger partial charge in [0.1, 0.15) is 0 Å². The van der Waals surface area contributed by atoms with Gasteiger partial charge in [-0.2, -0.15) is 0 Å². The Kier molecular flexibility index (Phi) is 6.27. The van der Waals surface area contributed by atoms with Gasteiger partial charge in [-0.05, 0) is 25.5 Å². The zero-order valence-corrected chi connectivity index (χ0v) is 11.8. The molecule has 1 aliphatic heterocycles. The number of amides is 1. The molecule has 2 heterocycles. The fourth-order valence-electron chi connectivity index (χ4n) is 1.80. The van der Waals surface area contributed by atoms with Gasteiger partial charge in [-0.25, -0.2) is 0 Å². The molecule has 1 aliphatic rings. The molecule has 1 aromatic heterocycles. The van der Waals surface area contributed by atoms with Gasteiger partial charge in [0, 0.05) is 29.3 Å². The maximum absolute atomic E-state index is 11.6. The minimum Gasteiger partial charge on any atom is -0.352 e. The van der Waals surface area contributed by atoms with Crippen LogP contribution in [0, 0.1) is 0 Å². The Morgan fingerprint density at radius 3 is 3.06 bits per heavy atom. The Balaban J connectivity index is 0.00000144. The molecule has 0 aliphatic carbocycles. The molecule has 2 rings (SSSR count). The van der Waals surface area contributed by atoms with Crippen molar-refractivity contribution in [2.75, 3.05) is 13.1 Å². The summed E-state index contributed by atoms with van der Waals surface area (Å²) in [6.07, 6.45) is 2.37. The second-order valence-corrected chi connectivity index (χ2v) is 5.42. The molecular formula is C11H16Cl2N2OS. The van der Waals surface area contributed by atoms with Crippen LogP contribution in [0.5, 0.6) is 0 Å². The SMILES string of the molecule is Cl.O=C(CCc1cc(Cl)cs1)NC1CCNC1. The first-order chi connectivity index (χ1) is 7.74. The normalized spacial score (nSPS) is 18.8. The van der Waals surface area contributed by atoms with Gasteiger partial charge >= 0.3 is 0 Å². The van der Waals surface area contributed by atoms with Crippen LogP contribution in [0.25, 0.3) is 0 Å². The summed E-state index contributed by atoms with van der Waals surface area (Å²) in [6.45, 7) is 1.90. The lowest BCUT2D eigenvalue weighted by Gasteiger charge is -2.10. The first kappa shape index (κ1) is 14.8. The van der Waals surface area contributed by atoms with Gasteiger partial charge in [0.15, 0.2) is 0 Å². The van der Waals surface area contributed by atoms with Crippen LogP contribution in [0.1, 0.15) is 17.7 Å². The lowest BCUT2D eigenvalue weighted by molar-refractivity contribution is -0.121. The van der Waals surface area contributed by atoms with E-state index >= 15 is 0 Å². The molecule has 0 spiro atoms. The average Bonchev–Trinajstić information content (AvgIpc) is 2.87. The summed E-state index contributed by atoms with van der Waals surface area (Å²) in [6, 6.07) is 2.25. The van der Waals surface area contributed by atoms with E-state index in [0.717, 1.165) is 31.0 Å². The summed E-state index contributed by atoms with van der Waals surface area (Å²) in [5.41, 5.74) is 0. The van der Waals surface area contributed by atoms with E-state index in [1.807, 2.05) is 11.4 Å². The Labute approximate surface area is 116 Å². The predicted octanol–water partition coefficient (Wildman–Crippen LogP) is 2.23. The van der Waals surface area contributed by atoms with E-state index in [0.29, 0.717) is 12.5 Å². The zero-order valence-electron chi connectivity index (χ0n) is 9.37. The maximum Gasteiger partial charge on any atom is 0.220 e. The standard InChI is InChI=1S/C11H15ClN2OS.ClH/c12-8-5-10(16-7-8)1-2-11(15)14-9-3-4-13-6-9;/h5,7,9,13H,1-4,6H2,(H,14,15);1H. The van der Waals surface area contributed by atoms with Gasteiger partial charge < -0.3 is 10.6 Å². The van der Waals surface area contributed by atoms with E-state index in [2.05, 4.69) is 10.6 Å². The molecule has 1 aromatic rings. The molecule has 3 nitrogen and oxygen atoms in total. The number of thiophene rings is 1. The summed E-state index contributed by atoms with van der Waals surface area (Å²) in [5.74, 6) is 0.137. The molecule has 0 aromatic carbocycles. The van der Waals surface area contributed by atoms with Crippen molar-refractivity contribution in [3.05, 3.63) is 21.3 Å². The number of rotatable bonds is 4. The lowest BCUT2D eigenvalue weighted by Crippen LogP contribution is -2.36. The van der Waals surface area contributed by atoms with Gasteiger partial charge in [0.2, 0.25) is 5.91 Å². The number of nitrogens with one attached hydrogen (secondary N) is 2. The first-order valence-corrected chi connectivity index (χ1v) is 6.73. The molecule has 6 heteroatoms. The van der Waals surface area contributed by atoms with Crippen molar-refractivity contribution in [2.45, 2.75) is 25.3 Å². The zero-order chi connectivity index (χ0) is 11.4. The van der Waals surface area contributed by atoms with E-state index in [1.54, 1.807) is 11.3 Å². The third kappa shape index (κ3) is 4.84. The van der Waals surface area contributed by atoms with Gasteiger partial charge in [-0.3, -0.25) is 4.79 Å². The molecular weight excluding hydrogens is 279 g/mol. The lowest BCUT2D eigenvalue weighted by atomic mass is 10.2. The Bertz CT molecular complexity index is 364. The van der Waals surface area contributed by atoms with Crippen molar-refractivity contribution in [1.29, 1.82) is 0 Å². The number of halogens is 2. The van der Waals surface area contributed by atoms with Crippen molar-refractivity contribution in [3.63, 3.8) is 0 Å². The van der Waals surface area contributed by atoms with Crippen LogP contribution in [-0.2, 0) is 11.2 Å². The minimum atomic E-state index is 0. The van der Waals surface area contributed by atoms with E-state index in [4.69, 9.17) is 11.6 Å². The minimum absolute atomic E-state index is 0. The van der Waals surface area contributed by atoms with Crippen molar-refractivity contribution < 1.29 is 4.79 Å². The van der Waals surface area contributed by atoms with Crippen LogP contribution >= 0.6 is 35.3 Å². The monoisotopic (exact) mass is 294 g/mol. The van der Waals surface area contributed by atoms with Crippen LogP contribution in [-0.4, -0.2) is 25.0 Å². The van der Waals surface area contributed by atoms with E-state index in [-0.39, 0.29) is 18.3 Å². The third-order valence-corrected chi connectivity index (χ3v) is 3.99. The number of hydrogen-bond donors (Lipinski definition) is 2. The summed E-state index contributed by atoms with van der Waals surface area (Å²) < 4.78 is 0. The molecule has 1 amide bonds. The highest BCUT2D eigenvalue weighted by atomic mass is 35.5. The fraction of sp³-hybridized carbons (Fsp3) is 0.545. The number of carbonyl (C=O) groups excluding carboxylic acids is 1. The number of aryl methyl sites for hydroxylation is 1. The molecule has 0 saturated carbocycles. The number of hydrogen-bond acceptors (Lipinski definition) is 3. The smallest absolute Gasteiger partial charge is 0.220 e. The van der Waals surface area contributed by atoms with Gasteiger partial charge in [0.25, 0.3) is 0 Å². The van der Waals surface area contributed by atoms with Crippen LogP contribution < -0.4 is 10.6 Å². The largest absolute Gasteiger partial charge is 0.352 e. The van der Waals surface area contributed by atoms with Crippen LogP contribution in [0.3, 0.4) is 0 Å². The van der Waals surface area contributed by atoms with Gasteiger partial charge in [0.05, 0.1) is 5.02 Å². The molecule has 0 bridgehead atoms. The second-order valence-electron chi connectivity index (χ2n) is 3.99. The van der Waals surface area contributed by atoms with E-state index < -0.39 is 0 Å². The highest BCUT2D eigenvalue weighted by Gasteiger charge is 2.16. The predicted molar refractivity (Wildman–Crippen MR) is 74.3 cm³/mol. The molecule has 17 heavy (non-hydrogen) atoms. The van der Waals surface area contributed by atoms with Gasteiger partial charge in [-0.15, -0.1) is 23.7 Å². The van der Waals surface area contributed by atoms with E-state index in [1.165, 1.54) is 4.88 Å². The third-order valence-electron chi connectivity index (χ3n) is 2.65. The molecule has 1 fully saturated rings. The van der Waals surface area contributed by atoms with Crippen molar-refractivity contribution in [2.24, 2.45) is 0 Å². The van der Waals surface area contributed by atoms with Crippen molar-refractivity contribution in [3.8, 4) is 0 Å². The molecule has 2 N–H and O–H groups in total. The number of carbonyl (C=O) groups is 1. The summed E-state index contributed by atoms with van der Waals surface area (Å²) in [7, 11) is 0. The quantitative estimate of drug-likeness (QED) is 0.894. The fourth-order valence-corrected chi connectivity index (χ4v) is 2.88. The van der Waals surface area contributed by atoms with Gasteiger partial charge in [-0.1, -0.05) is 11.6 Å². The Morgan fingerprint density at radius 2 is 2.47 bits per heavy atom. The molecule has 1 saturated heterocycles. The van der Waals surface area contributed by atoms with Crippen molar-refractivity contribution in [1.82, 2.24) is 10.6 Å². The Hall–Kier alpha value is -0.290. The van der Waals surface area contributed by atoms with Crippen molar-refractivity contribution >= 4 is 41.3 Å². The summed E-state index contributed by atoms with van der Waals surface area (Å²) in [4.78, 5) is 12.8. The highest BCUT2D eigenvalue weighted by molar-refractivity contribution is 7.10. The van der Waals surface area contributed by atoms with E-state index in [9.17, 15) is 4.79 Å². The molecule has 0 radical (unpaired) electrons. The highest BCUT2D eigenvalue weighted by Crippen LogP contribution is 2.20. The topological polar surface area (TPSA) is 41.1 Å². The molecule has 96 valence electrons. The summed E-state index contributed by atoms with van der Waals surface area (Å²) in [5, 5.41) is 8.91. The maximum atomic E-state index is 11.6. The second kappa shape index (κ2) is 7.21. The van der Waals surface area contributed by atoms with Crippen LogP contribution in [0.2, 0.25) is 5.02 Å². The molecule has 1 atom stereocenters. The molecule has 1 unspecified atom stereocenters. The summed E-state index contributed by atoms with van der Waals surface area (Å²) >= 11 is 7.42.